The fourth-order valence-corrected chi connectivity index (χ4v) is 3.44. The van der Waals surface area contributed by atoms with Crippen LogP contribution >= 0.6 is 0 Å². The van der Waals surface area contributed by atoms with Crippen LogP contribution < -0.4 is 0 Å². The fraction of sp³-hybridized carbons (Fsp3) is 0.875. The summed E-state index contributed by atoms with van der Waals surface area (Å²) in [7, 11) is 1.57. The number of carbonyl (C=O) groups is 2. The highest BCUT2D eigenvalue weighted by Gasteiger charge is 2.12. The molecule has 0 aliphatic heterocycles. The molecular weight excluding hydrogens is 314 g/mol. The fourth-order valence-electron chi connectivity index (χ4n) is 2.59. The first-order chi connectivity index (χ1) is 11.1. The van der Waals surface area contributed by atoms with Crippen LogP contribution in [0.4, 0.5) is 0 Å². The summed E-state index contributed by atoms with van der Waals surface area (Å²) < 4.78 is 5.15. The molecule has 136 valence electrons. The van der Waals surface area contributed by atoms with Crippen molar-refractivity contribution in [1.29, 1.82) is 0 Å². The van der Waals surface area contributed by atoms with E-state index in [2.05, 4.69) is 0 Å². The van der Waals surface area contributed by atoms with E-state index >= 15 is 0 Å². The molecule has 0 saturated heterocycles. The molecule has 0 aromatic rings. The van der Waals surface area contributed by atoms with Crippen LogP contribution in [0.25, 0.3) is 0 Å². The summed E-state index contributed by atoms with van der Waals surface area (Å²) in [6.45, 7) is 0.151. The standard InChI is InChI=1S/C16H33NO5Si/c1-22-23-12-10-8-6-4-2-3-5-7-9-11-17(13-15(18)19)14-16(20)21/h2-14,23H2,1H3,(H,18,19)(H,20,21). The molecule has 0 amide bonds. The van der Waals surface area contributed by atoms with Gasteiger partial charge in [0, 0.05) is 7.11 Å². The van der Waals surface area contributed by atoms with Crippen molar-refractivity contribution in [3.05, 3.63) is 0 Å². The molecule has 0 unspecified atom stereocenters. The summed E-state index contributed by atoms with van der Waals surface area (Å²) in [4.78, 5) is 22.8. The maximum atomic E-state index is 10.7. The molecule has 23 heavy (non-hydrogen) atoms. The second kappa shape index (κ2) is 16.0. The highest BCUT2D eigenvalue weighted by atomic mass is 28.2. The molecule has 0 atom stereocenters. The summed E-state index contributed by atoms with van der Waals surface area (Å²) >= 11 is 0. The number of rotatable bonds is 17. The largest absolute Gasteiger partial charge is 0.480 e. The lowest BCUT2D eigenvalue weighted by Gasteiger charge is -2.17. The smallest absolute Gasteiger partial charge is 0.317 e. The Labute approximate surface area is 142 Å². The van der Waals surface area contributed by atoms with Crippen molar-refractivity contribution in [2.45, 2.75) is 63.8 Å². The monoisotopic (exact) mass is 347 g/mol. The normalized spacial score (nSPS) is 11.6. The lowest BCUT2D eigenvalue weighted by Crippen LogP contribution is -2.35. The second-order valence-corrected chi connectivity index (χ2v) is 7.72. The predicted octanol–water partition coefficient (Wildman–Crippen LogP) is 2.12. The van der Waals surface area contributed by atoms with E-state index in [1.54, 1.807) is 7.11 Å². The van der Waals surface area contributed by atoms with Gasteiger partial charge in [-0.25, -0.2) is 0 Å². The highest BCUT2D eigenvalue weighted by molar-refractivity contribution is 6.26. The van der Waals surface area contributed by atoms with Gasteiger partial charge in [0.1, 0.15) is 0 Å². The van der Waals surface area contributed by atoms with Gasteiger partial charge in [0.05, 0.1) is 13.1 Å². The first-order valence-corrected chi connectivity index (χ1v) is 10.3. The molecule has 0 radical (unpaired) electrons. The topological polar surface area (TPSA) is 87.1 Å². The van der Waals surface area contributed by atoms with Crippen LogP contribution in [0.5, 0.6) is 0 Å². The molecule has 0 saturated carbocycles. The Hall–Kier alpha value is -0.923. The quantitative estimate of drug-likeness (QED) is 0.309. The Kier molecular flexibility index (Phi) is 15.3. The Morgan fingerprint density at radius 2 is 1.26 bits per heavy atom. The Bertz CT molecular complexity index is 299. The van der Waals surface area contributed by atoms with E-state index < -0.39 is 11.9 Å². The minimum atomic E-state index is -0.973. The van der Waals surface area contributed by atoms with Crippen molar-refractivity contribution in [2.24, 2.45) is 0 Å². The van der Waals surface area contributed by atoms with Crippen molar-refractivity contribution in [3.8, 4) is 0 Å². The molecule has 0 aliphatic rings. The molecule has 0 aliphatic carbocycles. The number of hydrogen-bond acceptors (Lipinski definition) is 4. The zero-order valence-corrected chi connectivity index (χ0v) is 15.9. The summed E-state index contributed by atoms with van der Waals surface area (Å²) in [5.41, 5.74) is 0. The van der Waals surface area contributed by atoms with E-state index in [-0.39, 0.29) is 22.9 Å². The third-order valence-corrected chi connectivity index (χ3v) is 4.99. The molecule has 0 bridgehead atoms. The molecule has 2 N–H and O–H groups in total. The molecule has 0 heterocycles. The maximum Gasteiger partial charge on any atom is 0.317 e. The number of nitrogens with zero attached hydrogens (tertiary/aromatic N) is 1. The predicted molar refractivity (Wildman–Crippen MR) is 93.6 cm³/mol. The van der Waals surface area contributed by atoms with E-state index in [0.717, 1.165) is 19.3 Å². The zero-order valence-electron chi connectivity index (χ0n) is 14.5. The van der Waals surface area contributed by atoms with Gasteiger partial charge in [-0.1, -0.05) is 51.4 Å². The average Bonchev–Trinajstić information content (AvgIpc) is 2.47. The molecule has 0 aromatic heterocycles. The van der Waals surface area contributed by atoms with Crippen LogP contribution in [0.1, 0.15) is 57.8 Å². The van der Waals surface area contributed by atoms with E-state index in [1.807, 2.05) is 0 Å². The SMILES string of the molecule is CO[SiH2]CCCCCCCCCCCN(CC(=O)O)CC(=O)O. The first kappa shape index (κ1) is 22.1. The van der Waals surface area contributed by atoms with Gasteiger partial charge in [0.25, 0.3) is 0 Å². The number of carboxylic acid groups (broad SMARTS) is 2. The summed E-state index contributed by atoms with van der Waals surface area (Å²) in [5.74, 6) is -1.95. The highest BCUT2D eigenvalue weighted by Crippen LogP contribution is 2.11. The third-order valence-electron chi connectivity index (χ3n) is 3.79. The van der Waals surface area contributed by atoms with E-state index in [0.29, 0.717) is 6.54 Å². The molecule has 0 rings (SSSR count). The van der Waals surface area contributed by atoms with Gasteiger partial charge in [-0.2, -0.15) is 0 Å². The molecule has 0 fully saturated rings. The van der Waals surface area contributed by atoms with Crippen molar-refractivity contribution >= 4 is 21.7 Å². The van der Waals surface area contributed by atoms with E-state index in [9.17, 15) is 9.59 Å². The Balaban J connectivity index is 3.42. The zero-order chi connectivity index (χ0) is 17.3. The Morgan fingerprint density at radius 3 is 1.70 bits per heavy atom. The maximum absolute atomic E-state index is 10.7. The van der Waals surface area contributed by atoms with Crippen molar-refractivity contribution < 1.29 is 24.2 Å². The lowest BCUT2D eigenvalue weighted by molar-refractivity contribution is -0.141. The van der Waals surface area contributed by atoms with Crippen LogP contribution in [-0.2, 0) is 14.0 Å². The number of hydrogen-bond donors (Lipinski definition) is 2. The van der Waals surface area contributed by atoms with Crippen LogP contribution in [0.3, 0.4) is 0 Å². The minimum absolute atomic E-state index is 0.196. The van der Waals surface area contributed by atoms with Crippen molar-refractivity contribution in [3.63, 3.8) is 0 Å². The van der Waals surface area contributed by atoms with Crippen LogP contribution in [0.15, 0.2) is 0 Å². The number of aliphatic carboxylic acids is 2. The summed E-state index contributed by atoms with van der Waals surface area (Å²) in [5, 5.41) is 17.5. The number of unbranched alkanes of at least 4 members (excludes halogenated alkanes) is 8. The van der Waals surface area contributed by atoms with Crippen LogP contribution in [0, 0.1) is 0 Å². The van der Waals surface area contributed by atoms with Gasteiger partial charge in [-0.15, -0.1) is 0 Å². The van der Waals surface area contributed by atoms with Crippen molar-refractivity contribution in [1.82, 2.24) is 4.90 Å². The Morgan fingerprint density at radius 1 is 0.826 bits per heavy atom. The van der Waals surface area contributed by atoms with Crippen molar-refractivity contribution in [2.75, 3.05) is 26.7 Å². The number of carboxylic acids is 2. The minimum Gasteiger partial charge on any atom is -0.480 e. The van der Waals surface area contributed by atoms with Crippen LogP contribution in [-0.4, -0.2) is 63.6 Å². The van der Waals surface area contributed by atoms with Gasteiger partial charge < -0.3 is 14.6 Å². The molecule has 6 nitrogen and oxygen atoms in total. The molecule has 0 spiro atoms. The third kappa shape index (κ3) is 17.3. The van der Waals surface area contributed by atoms with Gasteiger partial charge in [-0.3, -0.25) is 14.5 Å². The van der Waals surface area contributed by atoms with Gasteiger partial charge in [0.2, 0.25) is 0 Å². The van der Waals surface area contributed by atoms with E-state index in [1.165, 1.54) is 49.5 Å². The molecular formula is C16H33NO5Si. The first-order valence-electron chi connectivity index (χ1n) is 8.71. The van der Waals surface area contributed by atoms with Gasteiger partial charge >= 0.3 is 11.9 Å². The summed E-state index contributed by atoms with van der Waals surface area (Å²) in [6, 6.07) is 1.29. The van der Waals surface area contributed by atoms with Crippen LogP contribution in [0.2, 0.25) is 6.04 Å². The second-order valence-electron chi connectivity index (χ2n) is 6.03. The molecule has 0 aromatic carbocycles. The summed E-state index contributed by atoms with van der Waals surface area (Å²) in [6.07, 6.45) is 10.7. The van der Waals surface area contributed by atoms with Gasteiger partial charge in [-0.05, 0) is 19.0 Å². The lowest BCUT2D eigenvalue weighted by atomic mass is 10.1. The average molecular weight is 348 g/mol. The van der Waals surface area contributed by atoms with Gasteiger partial charge in [0.15, 0.2) is 9.76 Å². The van der Waals surface area contributed by atoms with E-state index in [4.69, 9.17) is 14.6 Å². The molecule has 7 heteroatoms.